The van der Waals surface area contributed by atoms with Gasteiger partial charge >= 0.3 is 6.09 Å². The molecule has 2 heterocycles. The number of benzene rings is 2. The molecule has 0 fully saturated rings. The quantitative estimate of drug-likeness (QED) is 0.166. The standard InChI is InChI=1S/C34H44N6O5/c1-21(41)38-34(7,18-23-20-36-27-16-12-10-14-25(23)27)39-29(42)28(17-22-19-35-26-15-11-9-13-24(22)26)37-30(43)33(5,6)40(8)31(44)45-32(2,3)4/h9-16,19-20,28,35-36H,17-18H2,1-8H3,(H,37,43)(H,38,41)(H,39,42)/t28-,34-/m1/s1. The number of aromatic amines is 2. The van der Waals surface area contributed by atoms with Gasteiger partial charge in [-0.1, -0.05) is 36.4 Å². The van der Waals surface area contributed by atoms with Gasteiger partial charge in [-0.25, -0.2) is 4.79 Å². The number of likely N-dealkylation sites (N-methyl/N-ethyl adjacent to an activating group) is 1. The molecule has 11 nitrogen and oxygen atoms in total. The number of ether oxygens (including phenoxy) is 1. The van der Waals surface area contributed by atoms with E-state index >= 15 is 0 Å². The molecule has 0 aliphatic heterocycles. The lowest BCUT2D eigenvalue weighted by molar-refractivity contribution is -0.136. The Morgan fingerprint density at radius 3 is 1.91 bits per heavy atom. The zero-order valence-electron chi connectivity index (χ0n) is 27.3. The Morgan fingerprint density at radius 1 is 0.822 bits per heavy atom. The first kappa shape index (κ1) is 33.1. The smallest absolute Gasteiger partial charge is 0.410 e. The number of rotatable bonds is 10. The molecular weight excluding hydrogens is 572 g/mol. The normalized spacial score (nSPS) is 14.0. The molecule has 0 aliphatic rings. The summed E-state index contributed by atoms with van der Waals surface area (Å²) in [7, 11) is 1.48. The van der Waals surface area contributed by atoms with Crippen LogP contribution >= 0.6 is 0 Å². The molecule has 0 saturated heterocycles. The Labute approximate surface area is 263 Å². The van der Waals surface area contributed by atoms with Crippen molar-refractivity contribution in [2.24, 2.45) is 0 Å². The van der Waals surface area contributed by atoms with Gasteiger partial charge < -0.3 is 30.7 Å². The molecule has 2 aromatic carbocycles. The number of carbonyl (C=O) groups is 4. The highest BCUT2D eigenvalue weighted by Gasteiger charge is 2.40. The highest BCUT2D eigenvalue weighted by molar-refractivity contribution is 5.95. The molecule has 240 valence electrons. The fraction of sp³-hybridized carbons (Fsp3) is 0.412. The van der Waals surface area contributed by atoms with Crippen molar-refractivity contribution in [1.29, 1.82) is 0 Å². The van der Waals surface area contributed by atoms with Crippen LogP contribution in [0.4, 0.5) is 4.79 Å². The van der Waals surface area contributed by atoms with E-state index in [1.807, 2.05) is 60.9 Å². The van der Waals surface area contributed by atoms with Crippen molar-refractivity contribution in [3.8, 4) is 0 Å². The van der Waals surface area contributed by atoms with E-state index in [0.29, 0.717) is 0 Å². The largest absolute Gasteiger partial charge is 0.444 e. The highest BCUT2D eigenvalue weighted by Crippen LogP contribution is 2.24. The summed E-state index contributed by atoms with van der Waals surface area (Å²) in [5, 5.41) is 10.7. The second-order valence-electron chi connectivity index (χ2n) is 13.2. The van der Waals surface area contributed by atoms with E-state index in [4.69, 9.17) is 4.74 Å². The van der Waals surface area contributed by atoms with E-state index < -0.39 is 40.8 Å². The van der Waals surface area contributed by atoms with Gasteiger partial charge in [-0.3, -0.25) is 19.3 Å². The van der Waals surface area contributed by atoms with Crippen LogP contribution in [-0.4, -0.2) is 68.6 Å². The Balaban J connectivity index is 1.64. The van der Waals surface area contributed by atoms with Gasteiger partial charge in [-0.2, -0.15) is 0 Å². The molecule has 4 amide bonds. The van der Waals surface area contributed by atoms with Gasteiger partial charge in [-0.15, -0.1) is 0 Å². The van der Waals surface area contributed by atoms with Crippen LogP contribution in [0.25, 0.3) is 21.8 Å². The van der Waals surface area contributed by atoms with Gasteiger partial charge in [0.25, 0.3) is 0 Å². The maximum absolute atomic E-state index is 14.1. The maximum atomic E-state index is 14.1. The third-order valence-corrected chi connectivity index (χ3v) is 7.85. The summed E-state index contributed by atoms with van der Waals surface area (Å²) in [6.45, 7) is 11.5. The average molecular weight is 617 g/mol. The Hall–Kier alpha value is -4.80. The molecular formula is C34H44N6O5. The van der Waals surface area contributed by atoms with Crippen molar-refractivity contribution in [3.63, 3.8) is 0 Å². The summed E-state index contributed by atoms with van der Waals surface area (Å²) in [6.07, 6.45) is 3.43. The molecule has 4 rings (SSSR count). The molecule has 2 atom stereocenters. The van der Waals surface area contributed by atoms with Crippen LogP contribution in [0.2, 0.25) is 0 Å². The third kappa shape index (κ3) is 7.84. The third-order valence-electron chi connectivity index (χ3n) is 7.85. The van der Waals surface area contributed by atoms with Crippen LogP contribution in [0.5, 0.6) is 0 Å². The van der Waals surface area contributed by atoms with Crippen molar-refractivity contribution < 1.29 is 23.9 Å². The monoisotopic (exact) mass is 616 g/mol. The fourth-order valence-electron chi connectivity index (χ4n) is 5.30. The molecule has 2 aromatic heterocycles. The summed E-state index contributed by atoms with van der Waals surface area (Å²) in [5.74, 6) is -1.37. The minimum Gasteiger partial charge on any atom is -0.444 e. The van der Waals surface area contributed by atoms with Gasteiger partial charge in [0, 0.05) is 61.0 Å². The van der Waals surface area contributed by atoms with E-state index in [2.05, 4.69) is 25.9 Å². The minimum atomic E-state index is -1.37. The van der Waals surface area contributed by atoms with Crippen LogP contribution in [0.1, 0.15) is 59.6 Å². The van der Waals surface area contributed by atoms with Crippen molar-refractivity contribution >= 4 is 45.6 Å². The lowest BCUT2D eigenvalue weighted by Gasteiger charge is -2.37. The van der Waals surface area contributed by atoms with Gasteiger partial charge in [0.05, 0.1) is 0 Å². The van der Waals surface area contributed by atoms with Gasteiger partial charge in [0.1, 0.15) is 22.8 Å². The number of nitrogens with one attached hydrogen (secondary N) is 5. The predicted octanol–water partition coefficient (Wildman–Crippen LogP) is 4.53. The van der Waals surface area contributed by atoms with Crippen molar-refractivity contribution in [2.75, 3.05) is 7.05 Å². The summed E-state index contributed by atoms with van der Waals surface area (Å²) >= 11 is 0. The highest BCUT2D eigenvalue weighted by atomic mass is 16.6. The van der Waals surface area contributed by atoms with E-state index in [-0.39, 0.29) is 18.7 Å². The van der Waals surface area contributed by atoms with E-state index in [9.17, 15) is 19.2 Å². The summed E-state index contributed by atoms with van der Waals surface area (Å²) in [6, 6.07) is 14.4. The van der Waals surface area contributed by atoms with E-state index in [0.717, 1.165) is 32.9 Å². The number of H-pyrrole nitrogens is 2. The summed E-state index contributed by atoms with van der Waals surface area (Å²) in [5.41, 5.74) is 0.234. The number of fused-ring (bicyclic) bond motifs is 2. The number of hydrogen-bond acceptors (Lipinski definition) is 5. The lowest BCUT2D eigenvalue weighted by atomic mass is 9.97. The molecule has 0 radical (unpaired) electrons. The number of carbonyl (C=O) groups excluding carboxylic acids is 4. The SMILES string of the molecule is CC(=O)N[C@@](C)(Cc1c[nH]c2ccccc12)NC(=O)[C@@H](Cc1c[nH]c2ccccc12)NC(=O)C(C)(C)N(C)C(=O)OC(C)(C)C. The zero-order valence-corrected chi connectivity index (χ0v) is 27.3. The summed E-state index contributed by atoms with van der Waals surface area (Å²) in [4.78, 5) is 60.8. The number of para-hydroxylation sites is 2. The Morgan fingerprint density at radius 2 is 1.36 bits per heavy atom. The second-order valence-corrected chi connectivity index (χ2v) is 13.2. The number of nitrogens with zero attached hydrogens (tertiary/aromatic N) is 1. The number of amides is 4. The molecule has 45 heavy (non-hydrogen) atoms. The summed E-state index contributed by atoms with van der Waals surface area (Å²) < 4.78 is 5.49. The second kappa shape index (κ2) is 12.7. The maximum Gasteiger partial charge on any atom is 0.410 e. The topological polar surface area (TPSA) is 148 Å². The van der Waals surface area contributed by atoms with Crippen LogP contribution in [-0.2, 0) is 32.0 Å². The van der Waals surface area contributed by atoms with E-state index in [1.54, 1.807) is 41.5 Å². The Bertz CT molecular complexity index is 1710. The van der Waals surface area contributed by atoms with Crippen LogP contribution in [0.3, 0.4) is 0 Å². The predicted molar refractivity (Wildman–Crippen MR) is 174 cm³/mol. The van der Waals surface area contributed by atoms with Gasteiger partial charge in [0.2, 0.25) is 17.7 Å². The van der Waals surface area contributed by atoms with Crippen LogP contribution in [0.15, 0.2) is 60.9 Å². The number of hydrogen-bond donors (Lipinski definition) is 5. The van der Waals surface area contributed by atoms with Crippen LogP contribution in [0, 0.1) is 0 Å². The molecule has 11 heteroatoms. The number of aromatic nitrogens is 2. The average Bonchev–Trinajstić information content (AvgIpc) is 3.54. The van der Waals surface area contributed by atoms with Crippen molar-refractivity contribution in [2.45, 2.75) is 84.2 Å². The first-order valence-electron chi connectivity index (χ1n) is 15.0. The zero-order chi connectivity index (χ0) is 33.2. The first-order chi connectivity index (χ1) is 21.0. The van der Waals surface area contributed by atoms with Crippen molar-refractivity contribution in [1.82, 2.24) is 30.8 Å². The van der Waals surface area contributed by atoms with E-state index in [1.165, 1.54) is 18.9 Å². The Kier molecular flexibility index (Phi) is 9.32. The molecule has 5 N–H and O–H groups in total. The molecule has 0 saturated carbocycles. The van der Waals surface area contributed by atoms with Gasteiger partial charge in [0.15, 0.2) is 0 Å². The minimum absolute atomic E-state index is 0.150. The molecule has 0 aliphatic carbocycles. The van der Waals surface area contributed by atoms with Gasteiger partial charge in [-0.05, 0) is 64.8 Å². The fourth-order valence-corrected chi connectivity index (χ4v) is 5.30. The first-order valence-corrected chi connectivity index (χ1v) is 15.0. The molecule has 4 aromatic rings. The molecule has 0 unspecified atom stereocenters. The molecule has 0 bridgehead atoms. The molecule has 0 spiro atoms. The van der Waals surface area contributed by atoms with Crippen molar-refractivity contribution in [3.05, 3.63) is 72.1 Å². The lowest BCUT2D eigenvalue weighted by Crippen LogP contribution is -2.65. The van der Waals surface area contributed by atoms with Crippen LogP contribution < -0.4 is 16.0 Å².